The van der Waals surface area contributed by atoms with Gasteiger partial charge in [-0.2, -0.15) is 0 Å². The molecule has 2 N–H and O–H groups in total. The Morgan fingerprint density at radius 2 is 2.09 bits per heavy atom. The Morgan fingerprint density at radius 3 is 2.65 bits per heavy atom. The van der Waals surface area contributed by atoms with Gasteiger partial charge in [-0.3, -0.25) is 4.98 Å². The number of nitrogens with zero attached hydrogens (tertiary/aromatic N) is 1. The summed E-state index contributed by atoms with van der Waals surface area (Å²) in [6, 6.07) is 0. The largest absolute Gasteiger partial charge is 0.392 e. The van der Waals surface area contributed by atoms with Crippen LogP contribution in [0.5, 0.6) is 0 Å². The number of aromatic nitrogens is 1. The van der Waals surface area contributed by atoms with Gasteiger partial charge in [0.1, 0.15) is 0 Å². The number of allylic oxidation sites excluding steroid dienone is 2. The van der Waals surface area contributed by atoms with Crippen molar-refractivity contribution in [3.05, 3.63) is 34.2 Å². The molecule has 2 aliphatic rings. The number of hydrogen-bond acceptors (Lipinski definition) is 3. The fourth-order valence-corrected chi connectivity index (χ4v) is 4.25. The van der Waals surface area contributed by atoms with Crippen molar-refractivity contribution in [1.82, 2.24) is 4.98 Å². The van der Waals surface area contributed by atoms with Crippen molar-refractivity contribution < 1.29 is 10.2 Å². The molecular weight excluding hydrogens is 286 g/mol. The van der Waals surface area contributed by atoms with Crippen LogP contribution in [0, 0.1) is 5.41 Å². The number of aliphatic hydroxyl groups excluding tert-OH is 2. The van der Waals surface area contributed by atoms with Crippen LogP contribution in [0.2, 0.25) is 0 Å². The van der Waals surface area contributed by atoms with Crippen LogP contribution in [0.1, 0.15) is 93.5 Å². The molecule has 0 amide bonds. The Kier molecular flexibility index (Phi) is 4.37. The van der Waals surface area contributed by atoms with Crippen molar-refractivity contribution in [3.8, 4) is 0 Å². The lowest BCUT2D eigenvalue weighted by Gasteiger charge is -2.37. The lowest BCUT2D eigenvalue weighted by molar-refractivity contribution is 0.0974. The standard InChI is InChI=1S/C20H29NO2/c1-12(2)19-14(11-22)17(13-7-5-6-8-13)18-15(21-19)9-20(3,4)10-16(18)23/h7,12,16,22-23H,5-6,8-11H2,1-4H3. The Balaban J connectivity index is 2.28. The van der Waals surface area contributed by atoms with Gasteiger partial charge in [-0.1, -0.05) is 33.8 Å². The van der Waals surface area contributed by atoms with Crippen LogP contribution in [0.3, 0.4) is 0 Å². The molecule has 1 aromatic rings. The predicted octanol–water partition coefficient (Wildman–Crippen LogP) is 4.27. The van der Waals surface area contributed by atoms with E-state index in [1.54, 1.807) is 0 Å². The normalized spacial score (nSPS) is 23.1. The quantitative estimate of drug-likeness (QED) is 0.876. The van der Waals surface area contributed by atoms with Gasteiger partial charge in [-0.25, -0.2) is 0 Å². The zero-order chi connectivity index (χ0) is 16.8. The second-order valence-corrected chi connectivity index (χ2v) is 8.21. The highest BCUT2D eigenvalue weighted by Crippen LogP contribution is 2.46. The van der Waals surface area contributed by atoms with Crippen LogP contribution >= 0.6 is 0 Å². The van der Waals surface area contributed by atoms with E-state index in [1.807, 2.05) is 0 Å². The van der Waals surface area contributed by atoms with Crippen molar-refractivity contribution >= 4 is 5.57 Å². The summed E-state index contributed by atoms with van der Waals surface area (Å²) in [7, 11) is 0. The van der Waals surface area contributed by atoms with Crippen molar-refractivity contribution in [3.63, 3.8) is 0 Å². The molecule has 3 rings (SSSR count). The number of rotatable bonds is 3. The first kappa shape index (κ1) is 16.7. The minimum Gasteiger partial charge on any atom is -0.392 e. The molecule has 0 aromatic carbocycles. The van der Waals surface area contributed by atoms with Crippen LogP contribution in [-0.2, 0) is 13.0 Å². The smallest absolute Gasteiger partial charge is 0.0819 e. The summed E-state index contributed by atoms with van der Waals surface area (Å²) in [4.78, 5) is 4.91. The van der Waals surface area contributed by atoms with E-state index in [-0.39, 0.29) is 17.9 Å². The number of aliphatic hydroxyl groups is 2. The summed E-state index contributed by atoms with van der Waals surface area (Å²) < 4.78 is 0. The molecule has 3 nitrogen and oxygen atoms in total. The average molecular weight is 315 g/mol. The van der Waals surface area contributed by atoms with Crippen molar-refractivity contribution in [2.45, 2.75) is 78.4 Å². The fourth-order valence-electron chi connectivity index (χ4n) is 4.25. The Morgan fingerprint density at radius 1 is 1.35 bits per heavy atom. The van der Waals surface area contributed by atoms with Gasteiger partial charge in [0.05, 0.1) is 12.7 Å². The first-order valence-corrected chi connectivity index (χ1v) is 8.88. The van der Waals surface area contributed by atoms with Crippen molar-refractivity contribution in [2.75, 3.05) is 0 Å². The van der Waals surface area contributed by atoms with Gasteiger partial charge in [0.2, 0.25) is 0 Å². The second-order valence-electron chi connectivity index (χ2n) is 8.21. The maximum atomic E-state index is 10.8. The Hall–Kier alpha value is -1.19. The van der Waals surface area contributed by atoms with Crippen LogP contribution < -0.4 is 0 Å². The molecule has 126 valence electrons. The van der Waals surface area contributed by atoms with E-state index in [9.17, 15) is 10.2 Å². The van der Waals surface area contributed by atoms with E-state index in [4.69, 9.17) is 4.98 Å². The molecule has 1 heterocycles. The zero-order valence-corrected chi connectivity index (χ0v) is 14.8. The molecule has 0 aliphatic heterocycles. The molecular formula is C20H29NO2. The molecule has 1 atom stereocenters. The third kappa shape index (κ3) is 2.97. The first-order valence-electron chi connectivity index (χ1n) is 8.88. The van der Waals surface area contributed by atoms with Gasteiger partial charge in [-0.05, 0) is 54.6 Å². The highest BCUT2D eigenvalue weighted by molar-refractivity contribution is 5.74. The number of fused-ring (bicyclic) bond motifs is 1. The number of pyridine rings is 1. The number of hydrogen-bond donors (Lipinski definition) is 2. The van der Waals surface area contributed by atoms with Crippen LogP contribution in [-0.4, -0.2) is 15.2 Å². The molecule has 0 saturated heterocycles. The summed E-state index contributed by atoms with van der Waals surface area (Å²) in [6.45, 7) is 8.65. The summed E-state index contributed by atoms with van der Waals surface area (Å²) >= 11 is 0. The molecule has 0 spiro atoms. The lowest BCUT2D eigenvalue weighted by atomic mass is 9.72. The van der Waals surface area contributed by atoms with Crippen LogP contribution in [0.4, 0.5) is 0 Å². The average Bonchev–Trinajstić information content (AvgIpc) is 2.97. The molecule has 0 fully saturated rings. The van der Waals surface area contributed by atoms with Crippen molar-refractivity contribution in [1.29, 1.82) is 0 Å². The third-order valence-electron chi connectivity index (χ3n) is 5.24. The van der Waals surface area contributed by atoms with Gasteiger partial charge >= 0.3 is 0 Å². The molecule has 0 bridgehead atoms. The monoisotopic (exact) mass is 315 g/mol. The molecule has 1 unspecified atom stereocenters. The van der Waals surface area contributed by atoms with Gasteiger partial charge in [0.25, 0.3) is 0 Å². The maximum absolute atomic E-state index is 10.8. The van der Waals surface area contributed by atoms with Gasteiger partial charge in [-0.15, -0.1) is 0 Å². The predicted molar refractivity (Wildman–Crippen MR) is 93.1 cm³/mol. The van der Waals surface area contributed by atoms with E-state index in [2.05, 4.69) is 33.8 Å². The Labute approximate surface area is 139 Å². The molecule has 2 aliphatic carbocycles. The second kappa shape index (κ2) is 6.03. The summed E-state index contributed by atoms with van der Waals surface area (Å²) in [5, 5.41) is 20.9. The molecule has 3 heteroatoms. The van der Waals surface area contributed by atoms with Crippen molar-refractivity contribution in [2.24, 2.45) is 5.41 Å². The van der Waals surface area contributed by atoms with Crippen LogP contribution in [0.25, 0.3) is 5.57 Å². The van der Waals surface area contributed by atoms with E-state index < -0.39 is 6.10 Å². The Bertz CT molecular complexity index is 644. The summed E-state index contributed by atoms with van der Waals surface area (Å²) in [6.07, 6.45) is 6.75. The minimum atomic E-state index is -0.482. The van der Waals surface area contributed by atoms with E-state index in [0.717, 1.165) is 60.2 Å². The van der Waals surface area contributed by atoms with Gasteiger partial charge < -0.3 is 10.2 Å². The zero-order valence-electron chi connectivity index (χ0n) is 14.8. The summed E-state index contributed by atoms with van der Waals surface area (Å²) in [5.41, 5.74) is 6.44. The van der Waals surface area contributed by atoms with Gasteiger partial charge in [0, 0.05) is 22.5 Å². The lowest BCUT2D eigenvalue weighted by Crippen LogP contribution is -2.29. The molecule has 1 aromatic heterocycles. The van der Waals surface area contributed by atoms with Gasteiger partial charge in [0.15, 0.2) is 0 Å². The minimum absolute atomic E-state index is 0.00339. The molecule has 0 radical (unpaired) electrons. The highest BCUT2D eigenvalue weighted by atomic mass is 16.3. The van der Waals surface area contributed by atoms with E-state index in [1.165, 1.54) is 5.57 Å². The summed E-state index contributed by atoms with van der Waals surface area (Å²) in [5.74, 6) is 0.269. The third-order valence-corrected chi connectivity index (χ3v) is 5.24. The first-order chi connectivity index (χ1) is 10.8. The van der Waals surface area contributed by atoms with Crippen LogP contribution in [0.15, 0.2) is 6.08 Å². The highest BCUT2D eigenvalue weighted by Gasteiger charge is 2.36. The van der Waals surface area contributed by atoms with E-state index in [0.29, 0.717) is 0 Å². The maximum Gasteiger partial charge on any atom is 0.0819 e. The van der Waals surface area contributed by atoms with E-state index >= 15 is 0 Å². The SMILES string of the molecule is CC(C)c1nc2c(c(C3=CCCC3)c1CO)C(O)CC(C)(C)C2. The molecule has 23 heavy (non-hydrogen) atoms. The molecule has 0 saturated carbocycles. The fraction of sp³-hybridized carbons (Fsp3) is 0.650. The topological polar surface area (TPSA) is 53.4 Å².